The predicted molar refractivity (Wildman–Crippen MR) is 156 cm³/mol. The molecule has 0 aromatic carbocycles. The second kappa shape index (κ2) is 11.7. The summed E-state index contributed by atoms with van der Waals surface area (Å²) < 4.78 is 2.12. The molecular formula is C28H37N5OS3. The lowest BCUT2D eigenvalue weighted by Crippen LogP contribution is -2.28. The molecule has 0 spiro atoms. The number of nitriles is 1. The maximum Gasteiger partial charge on any atom is 0.235 e. The van der Waals surface area contributed by atoms with Crippen LogP contribution in [0, 0.1) is 22.7 Å². The van der Waals surface area contributed by atoms with Crippen LogP contribution in [-0.2, 0) is 24.2 Å². The largest absolute Gasteiger partial charge is 0.316 e. The standard InChI is InChI=1S/C28H37N5OS3/c1-7-11-33-25(18-12-22(17(3)4)35-15-18)31-32-27(33)36-16-24(34)30-26-21(14-29)20-10-9-19(13-23(20)37-26)28(5,6)8-2/h12,15,17,19H,7-11,13,16H2,1-6H3,(H,30,34). The van der Waals surface area contributed by atoms with Crippen molar-refractivity contribution in [2.75, 3.05) is 11.1 Å². The summed E-state index contributed by atoms with van der Waals surface area (Å²) in [5, 5.41) is 25.4. The van der Waals surface area contributed by atoms with Gasteiger partial charge in [-0.15, -0.1) is 32.9 Å². The molecule has 1 unspecified atom stereocenters. The number of hydrogen-bond acceptors (Lipinski definition) is 7. The highest BCUT2D eigenvalue weighted by atomic mass is 32.2. The Balaban J connectivity index is 1.46. The highest BCUT2D eigenvalue weighted by Crippen LogP contribution is 2.45. The van der Waals surface area contributed by atoms with Gasteiger partial charge in [0.05, 0.1) is 11.3 Å². The lowest BCUT2D eigenvalue weighted by Gasteiger charge is -2.36. The summed E-state index contributed by atoms with van der Waals surface area (Å²) in [7, 11) is 0. The van der Waals surface area contributed by atoms with Gasteiger partial charge < -0.3 is 9.88 Å². The molecule has 0 fully saturated rings. The van der Waals surface area contributed by atoms with Crippen LogP contribution in [0.2, 0.25) is 0 Å². The molecule has 9 heteroatoms. The van der Waals surface area contributed by atoms with E-state index in [4.69, 9.17) is 0 Å². The Bertz CT molecular complexity index is 1290. The van der Waals surface area contributed by atoms with Gasteiger partial charge in [0.25, 0.3) is 0 Å². The van der Waals surface area contributed by atoms with Crippen LogP contribution in [0.5, 0.6) is 0 Å². The van der Waals surface area contributed by atoms with Crippen molar-refractivity contribution >= 4 is 45.3 Å². The van der Waals surface area contributed by atoms with Crippen LogP contribution in [0.25, 0.3) is 11.4 Å². The second-order valence-corrected chi connectivity index (χ2v) is 13.8. The van der Waals surface area contributed by atoms with Crippen molar-refractivity contribution < 1.29 is 4.79 Å². The molecule has 1 aliphatic rings. The quantitative estimate of drug-likeness (QED) is 0.259. The molecule has 6 nitrogen and oxygen atoms in total. The van der Waals surface area contributed by atoms with Gasteiger partial charge in [0.2, 0.25) is 5.91 Å². The third-order valence-electron chi connectivity index (χ3n) is 7.59. The van der Waals surface area contributed by atoms with Crippen LogP contribution in [0.15, 0.2) is 16.6 Å². The summed E-state index contributed by atoms with van der Waals surface area (Å²) in [6.07, 6.45) is 5.09. The molecule has 1 aliphatic carbocycles. The van der Waals surface area contributed by atoms with E-state index in [0.717, 1.165) is 60.8 Å². The maximum atomic E-state index is 13.0. The molecule has 0 radical (unpaired) electrons. The molecule has 0 saturated carbocycles. The smallest absolute Gasteiger partial charge is 0.235 e. The van der Waals surface area contributed by atoms with Crippen LogP contribution in [-0.4, -0.2) is 26.4 Å². The summed E-state index contributed by atoms with van der Waals surface area (Å²) in [4.78, 5) is 15.6. The fourth-order valence-electron chi connectivity index (χ4n) is 4.85. The molecule has 4 rings (SSSR count). The van der Waals surface area contributed by atoms with Crippen molar-refractivity contribution in [2.24, 2.45) is 11.3 Å². The molecule has 1 atom stereocenters. The Morgan fingerprint density at radius 2 is 2.14 bits per heavy atom. The summed E-state index contributed by atoms with van der Waals surface area (Å²) >= 11 is 4.74. The number of nitrogens with zero attached hydrogens (tertiary/aromatic N) is 4. The van der Waals surface area contributed by atoms with Crippen molar-refractivity contribution in [2.45, 2.75) is 91.3 Å². The number of hydrogen-bond donors (Lipinski definition) is 1. The van der Waals surface area contributed by atoms with Gasteiger partial charge in [0.1, 0.15) is 11.1 Å². The van der Waals surface area contributed by atoms with Gasteiger partial charge in [-0.3, -0.25) is 4.79 Å². The number of amides is 1. The molecule has 1 amide bonds. The van der Waals surface area contributed by atoms with Crippen LogP contribution < -0.4 is 5.32 Å². The molecule has 1 N–H and O–H groups in total. The van der Waals surface area contributed by atoms with E-state index in [1.807, 2.05) is 0 Å². The van der Waals surface area contributed by atoms with Gasteiger partial charge >= 0.3 is 0 Å². The normalized spacial score (nSPS) is 15.6. The lowest BCUT2D eigenvalue weighted by molar-refractivity contribution is -0.113. The van der Waals surface area contributed by atoms with Crippen molar-refractivity contribution in [3.05, 3.63) is 32.3 Å². The predicted octanol–water partition coefficient (Wildman–Crippen LogP) is 7.75. The number of thiophene rings is 2. The number of aromatic nitrogens is 3. The molecular weight excluding hydrogens is 519 g/mol. The molecule has 0 bridgehead atoms. The van der Waals surface area contributed by atoms with E-state index in [-0.39, 0.29) is 17.1 Å². The fraction of sp³-hybridized carbons (Fsp3) is 0.571. The average molecular weight is 556 g/mol. The minimum Gasteiger partial charge on any atom is -0.316 e. The maximum absolute atomic E-state index is 13.0. The zero-order chi connectivity index (χ0) is 26.7. The molecule has 0 aliphatic heterocycles. The van der Waals surface area contributed by atoms with Gasteiger partial charge in [-0.2, -0.15) is 5.26 Å². The molecule has 198 valence electrons. The first-order valence-electron chi connectivity index (χ1n) is 13.2. The third-order valence-corrected chi connectivity index (χ3v) is 11.0. The van der Waals surface area contributed by atoms with E-state index >= 15 is 0 Å². The fourth-order valence-corrected chi connectivity index (χ4v) is 7.81. The van der Waals surface area contributed by atoms with Crippen LogP contribution in [0.1, 0.15) is 87.6 Å². The minimum absolute atomic E-state index is 0.115. The third kappa shape index (κ3) is 5.97. The summed E-state index contributed by atoms with van der Waals surface area (Å²) in [6.45, 7) is 14.2. The number of carbonyl (C=O) groups is 1. The first-order valence-corrected chi connectivity index (χ1v) is 15.9. The van der Waals surface area contributed by atoms with Gasteiger partial charge in [-0.1, -0.05) is 59.7 Å². The molecule has 3 aromatic rings. The first-order chi connectivity index (χ1) is 17.7. The topological polar surface area (TPSA) is 83.6 Å². The highest BCUT2D eigenvalue weighted by Gasteiger charge is 2.34. The minimum atomic E-state index is -0.115. The summed E-state index contributed by atoms with van der Waals surface area (Å²) in [6, 6.07) is 4.57. The van der Waals surface area contributed by atoms with E-state index in [0.29, 0.717) is 22.4 Å². The Morgan fingerprint density at radius 1 is 1.35 bits per heavy atom. The van der Waals surface area contributed by atoms with E-state index < -0.39 is 0 Å². The zero-order valence-electron chi connectivity index (χ0n) is 22.7. The molecule has 3 heterocycles. The Morgan fingerprint density at radius 3 is 2.78 bits per heavy atom. The Hall–Kier alpha value is -2.15. The summed E-state index contributed by atoms with van der Waals surface area (Å²) in [5.41, 5.74) is 3.16. The first kappa shape index (κ1) is 27.9. The number of rotatable bonds is 10. The number of thioether (sulfide) groups is 1. The van der Waals surface area contributed by atoms with Crippen molar-refractivity contribution in [3.63, 3.8) is 0 Å². The number of anilines is 1. The van der Waals surface area contributed by atoms with Gasteiger partial charge in [0, 0.05) is 27.2 Å². The molecule has 3 aromatic heterocycles. The molecule has 0 saturated heterocycles. The average Bonchev–Trinajstić information content (AvgIpc) is 3.59. The van der Waals surface area contributed by atoms with Crippen molar-refractivity contribution in [1.29, 1.82) is 5.26 Å². The number of fused-ring (bicyclic) bond motifs is 1. The van der Waals surface area contributed by atoms with E-state index in [9.17, 15) is 10.1 Å². The van der Waals surface area contributed by atoms with E-state index in [1.165, 1.54) is 21.5 Å². The van der Waals surface area contributed by atoms with Crippen LogP contribution >= 0.6 is 34.4 Å². The monoisotopic (exact) mass is 555 g/mol. The Labute approximate surface area is 232 Å². The van der Waals surface area contributed by atoms with Gasteiger partial charge in [-0.05, 0) is 54.6 Å². The number of carbonyl (C=O) groups excluding carboxylic acids is 1. The van der Waals surface area contributed by atoms with Crippen molar-refractivity contribution in [3.8, 4) is 17.5 Å². The molecule has 37 heavy (non-hydrogen) atoms. The van der Waals surface area contributed by atoms with Crippen molar-refractivity contribution in [1.82, 2.24) is 14.8 Å². The lowest BCUT2D eigenvalue weighted by atomic mass is 9.69. The van der Waals surface area contributed by atoms with Gasteiger partial charge in [-0.25, -0.2) is 0 Å². The zero-order valence-corrected chi connectivity index (χ0v) is 25.1. The van der Waals surface area contributed by atoms with Gasteiger partial charge in [0.15, 0.2) is 11.0 Å². The second-order valence-electron chi connectivity index (χ2n) is 10.8. The number of nitrogens with one attached hydrogen (secondary N) is 1. The summed E-state index contributed by atoms with van der Waals surface area (Å²) in [5.74, 6) is 2.05. The van der Waals surface area contributed by atoms with E-state index in [2.05, 4.69) is 79.1 Å². The SMILES string of the molecule is CCCn1c(SCC(=O)Nc2sc3c(c2C#N)CCC(C(C)(C)CC)C3)nnc1-c1csc(C(C)C)c1. The van der Waals surface area contributed by atoms with Crippen LogP contribution in [0.4, 0.5) is 5.00 Å². The van der Waals surface area contributed by atoms with E-state index in [1.54, 1.807) is 22.7 Å². The van der Waals surface area contributed by atoms with Crippen LogP contribution in [0.3, 0.4) is 0 Å². The Kier molecular flexibility index (Phi) is 8.82. The highest BCUT2D eigenvalue weighted by molar-refractivity contribution is 7.99.